The highest BCUT2D eigenvalue weighted by Gasteiger charge is 2.29. The average Bonchev–Trinajstić information content (AvgIpc) is 3.33. The Balaban J connectivity index is 1.53. The molecule has 1 saturated heterocycles. The molecule has 1 aromatic carbocycles. The van der Waals surface area contributed by atoms with E-state index in [1.54, 1.807) is 7.11 Å². The zero-order valence-electron chi connectivity index (χ0n) is 16.1. The first-order valence-corrected chi connectivity index (χ1v) is 9.91. The van der Waals surface area contributed by atoms with Gasteiger partial charge in [-0.1, -0.05) is 12.1 Å². The van der Waals surface area contributed by atoms with E-state index in [-0.39, 0.29) is 12.0 Å². The molecule has 28 heavy (non-hydrogen) atoms. The third-order valence-corrected chi connectivity index (χ3v) is 5.82. The number of aromatic nitrogens is 3. The van der Waals surface area contributed by atoms with E-state index in [1.807, 2.05) is 49.1 Å². The number of methoxy groups -OCH3 is 1. The SMILES string of the molecule is COc1ccc(-c2cc(C(=O)N3CCOC(c4n[nH]c(C)n4)C3)sc2C)cc1. The van der Waals surface area contributed by atoms with Gasteiger partial charge in [0.2, 0.25) is 0 Å². The quantitative estimate of drug-likeness (QED) is 0.729. The summed E-state index contributed by atoms with van der Waals surface area (Å²) in [4.78, 5) is 21.1. The van der Waals surface area contributed by atoms with Gasteiger partial charge in [0.25, 0.3) is 5.91 Å². The van der Waals surface area contributed by atoms with E-state index in [9.17, 15) is 4.79 Å². The molecule has 4 rings (SSSR count). The van der Waals surface area contributed by atoms with Crippen molar-refractivity contribution in [2.45, 2.75) is 20.0 Å². The summed E-state index contributed by atoms with van der Waals surface area (Å²) in [5.41, 5.74) is 2.15. The van der Waals surface area contributed by atoms with Crippen LogP contribution in [0.3, 0.4) is 0 Å². The molecule has 146 valence electrons. The minimum Gasteiger partial charge on any atom is -0.497 e. The maximum Gasteiger partial charge on any atom is 0.264 e. The van der Waals surface area contributed by atoms with Crippen molar-refractivity contribution in [1.29, 1.82) is 0 Å². The number of nitrogens with one attached hydrogen (secondary N) is 1. The first kappa shape index (κ1) is 18.6. The summed E-state index contributed by atoms with van der Waals surface area (Å²) in [5, 5.41) is 7.00. The van der Waals surface area contributed by atoms with Crippen LogP contribution >= 0.6 is 11.3 Å². The summed E-state index contributed by atoms with van der Waals surface area (Å²) in [6, 6.07) is 9.86. The van der Waals surface area contributed by atoms with Gasteiger partial charge in [-0.25, -0.2) is 4.98 Å². The minimum atomic E-state index is -0.301. The van der Waals surface area contributed by atoms with Gasteiger partial charge in [-0.05, 0) is 43.2 Å². The number of H-pyrrole nitrogens is 1. The molecule has 7 nitrogen and oxygen atoms in total. The smallest absolute Gasteiger partial charge is 0.264 e. The number of rotatable bonds is 4. The predicted molar refractivity (Wildman–Crippen MR) is 107 cm³/mol. The molecule has 3 aromatic rings. The molecule has 1 fully saturated rings. The largest absolute Gasteiger partial charge is 0.497 e. The first-order chi connectivity index (χ1) is 13.5. The summed E-state index contributed by atoms with van der Waals surface area (Å²) in [7, 11) is 1.65. The number of ether oxygens (including phenoxy) is 2. The minimum absolute atomic E-state index is 0.0217. The van der Waals surface area contributed by atoms with Crippen molar-refractivity contribution in [3.63, 3.8) is 0 Å². The van der Waals surface area contributed by atoms with E-state index in [0.717, 1.165) is 32.5 Å². The zero-order chi connectivity index (χ0) is 19.7. The third-order valence-electron chi connectivity index (χ3n) is 4.79. The van der Waals surface area contributed by atoms with E-state index in [0.29, 0.717) is 25.5 Å². The molecule has 1 amide bonds. The Morgan fingerprint density at radius 3 is 2.79 bits per heavy atom. The third kappa shape index (κ3) is 3.65. The van der Waals surface area contributed by atoms with Crippen molar-refractivity contribution in [2.75, 3.05) is 26.8 Å². The normalized spacial score (nSPS) is 17.0. The molecule has 0 radical (unpaired) electrons. The van der Waals surface area contributed by atoms with Crippen LogP contribution in [-0.4, -0.2) is 52.8 Å². The Morgan fingerprint density at radius 2 is 2.11 bits per heavy atom. The molecule has 0 saturated carbocycles. The average molecular weight is 398 g/mol. The molecule has 0 spiro atoms. The Labute approximate surface area is 167 Å². The van der Waals surface area contributed by atoms with Crippen LogP contribution in [-0.2, 0) is 4.74 Å². The highest BCUT2D eigenvalue weighted by molar-refractivity contribution is 7.14. The van der Waals surface area contributed by atoms with Crippen molar-refractivity contribution in [3.05, 3.63) is 51.7 Å². The van der Waals surface area contributed by atoms with Crippen LogP contribution < -0.4 is 4.74 Å². The van der Waals surface area contributed by atoms with Gasteiger partial charge in [0, 0.05) is 11.4 Å². The molecule has 1 aliphatic rings. The molecule has 0 aliphatic carbocycles. The number of nitrogens with zero attached hydrogens (tertiary/aromatic N) is 3. The zero-order valence-corrected chi connectivity index (χ0v) is 16.9. The van der Waals surface area contributed by atoms with E-state index >= 15 is 0 Å². The fraction of sp³-hybridized carbons (Fsp3) is 0.350. The van der Waals surface area contributed by atoms with Gasteiger partial charge in [0.1, 0.15) is 17.7 Å². The summed E-state index contributed by atoms with van der Waals surface area (Å²) >= 11 is 1.52. The van der Waals surface area contributed by atoms with Gasteiger partial charge in [-0.2, -0.15) is 5.10 Å². The Bertz CT molecular complexity index is 980. The molecule has 2 aromatic heterocycles. The van der Waals surface area contributed by atoms with Crippen molar-refractivity contribution in [3.8, 4) is 16.9 Å². The first-order valence-electron chi connectivity index (χ1n) is 9.10. The van der Waals surface area contributed by atoms with Crippen LogP contribution in [0, 0.1) is 13.8 Å². The molecule has 8 heteroatoms. The van der Waals surface area contributed by atoms with Crippen LogP contribution in [0.25, 0.3) is 11.1 Å². The van der Waals surface area contributed by atoms with E-state index < -0.39 is 0 Å². The lowest BCUT2D eigenvalue weighted by atomic mass is 10.1. The number of aromatic amines is 1. The van der Waals surface area contributed by atoms with Gasteiger partial charge in [0.05, 0.1) is 25.1 Å². The standard InChI is InChI=1S/C20H22N4O3S/c1-12-16(14-4-6-15(26-3)7-5-14)10-18(28-12)20(25)24-8-9-27-17(11-24)19-21-13(2)22-23-19/h4-7,10,17H,8-9,11H2,1-3H3,(H,21,22,23). The van der Waals surface area contributed by atoms with Crippen LogP contribution in [0.2, 0.25) is 0 Å². The van der Waals surface area contributed by atoms with E-state index in [1.165, 1.54) is 11.3 Å². The lowest BCUT2D eigenvalue weighted by Gasteiger charge is -2.31. The number of carbonyl (C=O) groups is 1. The summed E-state index contributed by atoms with van der Waals surface area (Å²) in [6.45, 7) is 5.37. The number of benzene rings is 1. The topological polar surface area (TPSA) is 80.3 Å². The summed E-state index contributed by atoms with van der Waals surface area (Å²) < 4.78 is 11.0. The van der Waals surface area contributed by atoms with Crippen LogP contribution in [0.15, 0.2) is 30.3 Å². The number of amides is 1. The lowest BCUT2D eigenvalue weighted by molar-refractivity contribution is -0.0265. The van der Waals surface area contributed by atoms with Crippen molar-refractivity contribution < 1.29 is 14.3 Å². The molecule has 1 N–H and O–H groups in total. The maximum atomic E-state index is 13.1. The second-order valence-electron chi connectivity index (χ2n) is 6.70. The lowest BCUT2D eigenvalue weighted by Crippen LogP contribution is -2.42. The second kappa shape index (κ2) is 7.73. The molecule has 0 bridgehead atoms. The fourth-order valence-corrected chi connectivity index (χ4v) is 4.30. The van der Waals surface area contributed by atoms with Crippen LogP contribution in [0.1, 0.15) is 32.3 Å². The van der Waals surface area contributed by atoms with E-state index in [4.69, 9.17) is 9.47 Å². The van der Waals surface area contributed by atoms with Gasteiger partial charge in [-0.15, -0.1) is 11.3 Å². The Kier molecular flexibility index (Phi) is 5.15. The Morgan fingerprint density at radius 1 is 1.32 bits per heavy atom. The molecule has 1 aliphatic heterocycles. The molecule has 3 heterocycles. The van der Waals surface area contributed by atoms with Crippen LogP contribution in [0.5, 0.6) is 5.75 Å². The predicted octanol–water partition coefficient (Wildman–Crippen LogP) is 3.37. The summed E-state index contributed by atoms with van der Waals surface area (Å²) in [6.07, 6.45) is -0.301. The van der Waals surface area contributed by atoms with Gasteiger partial charge in [-0.3, -0.25) is 9.89 Å². The van der Waals surface area contributed by atoms with Crippen molar-refractivity contribution in [2.24, 2.45) is 0 Å². The number of hydrogen-bond acceptors (Lipinski definition) is 6. The number of morpholine rings is 1. The number of carbonyl (C=O) groups excluding carboxylic acids is 1. The number of hydrogen-bond donors (Lipinski definition) is 1. The Hall–Kier alpha value is -2.71. The molecular formula is C20H22N4O3S. The van der Waals surface area contributed by atoms with Gasteiger partial charge >= 0.3 is 0 Å². The van der Waals surface area contributed by atoms with E-state index in [2.05, 4.69) is 15.2 Å². The van der Waals surface area contributed by atoms with Gasteiger partial charge < -0.3 is 14.4 Å². The molecule has 1 atom stereocenters. The maximum absolute atomic E-state index is 13.1. The summed E-state index contributed by atoms with van der Waals surface area (Å²) in [5.74, 6) is 2.17. The fourth-order valence-electron chi connectivity index (χ4n) is 3.29. The number of aryl methyl sites for hydroxylation is 2. The second-order valence-corrected chi connectivity index (χ2v) is 7.95. The molecule has 1 unspecified atom stereocenters. The van der Waals surface area contributed by atoms with Crippen molar-refractivity contribution in [1.82, 2.24) is 20.1 Å². The highest BCUT2D eigenvalue weighted by Crippen LogP contribution is 2.33. The number of thiophene rings is 1. The molecular weight excluding hydrogens is 376 g/mol. The van der Waals surface area contributed by atoms with Crippen molar-refractivity contribution >= 4 is 17.2 Å². The highest BCUT2D eigenvalue weighted by atomic mass is 32.1. The van der Waals surface area contributed by atoms with Crippen LogP contribution in [0.4, 0.5) is 0 Å². The monoisotopic (exact) mass is 398 g/mol. The van der Waals surface area contributed by atoms with Gasteiger partial charge in [0.15, 0.2) is 5.82 Å².